The molecule has 17 heteroatoms. The maximum absolute atomic E-state index is 13.9. The first-order chi connectivity index (χ1) is 22.9. The van der Waals surface area contributed by atoms with E-state index in [4.69, 9.17) is 10.00 Å². The van der Waals surface area contributed by atoms with Crippen molar-refractivity contribution in [1.29, 1.82) is 5.26 Å². The highest BCUT2D eigenvalue weighted by Gasteiger charge is 2.39. The van der Waals surface area contributed by atoms with Gasteiger partial charge < -0.3 is 9.64 Å². The minimum Gasteiger partial charge on any atom is -0.368 e. The zero-order chi connectivity index (χ0) is 35.7. The molecule has 0 N–H and O–H groups in total. The number of alkyl halides is 9. The van der Waals surface area contributed by atoms with Crippen LogP contribution in [0.3, 0.4) is 0 Å². The molecular formula is C32H30F9N7O. The van der Waals surface area contributed by atoms with E-state index in [1.807, 2.05) is 11.8 Å². The molecule has 1 aromatic heterocycles. The molecule has 2 aromatic carbocycles. The van der Waals surface area contributed by atoms with Gasteiger partial charge in [0.15, 0.2) is 0 Å². The molecule has 0 radical (unpaired) electrons. The van der Waals surface area contributed by atoms with Crippen LogP contribution in [-0.4, -0.2) is 50.4 Å². The number of aromatic nitrogens is 4. The number of tetrazole rings is 1. The van der Waals surface area contributed by atoms with Gasteiger partial charge in [-0.25, -0.2) is 0 Å². The third-order valence-electron chi connectivity index (χ3n) is 8.25. The van der Waals surface area contributed by atoms with E-state index >= 15 is 0 Å². The van der Waals surface area contributed by atoms with Crippen LogP contribution in [0, 0.1) is 11.3 Å². The number of ether oxygens (including phenoxy) is 1. The maximum Gasteiger partial charge on any atom is 0.416 e. The van der Waals surface area contributed by atoms with E-state index in [2.05, 4.69) is 21.5 Å². The Morgan fingerprint density at radius 1 is 0.939 bits per heavy atom. The van der Waals surface area contributed by atoms with Crippen molar-refractivity contribution in [2.45, 2.75) is 69.6 Å². The Bertz CT molecular complexity index is 1720. The Labute approximate surface area is 275 Å². The van der Waals surface area contributed by atoms with Crippen LogP contribution in [0.5, 0.6) is 0 Å². The van der Waals surface area contributed by atoms with E-state index in [0.29, 0.717) is 49.2 Å². The summed E-state index contributed by atoms with van der Waals surface area (Å²) in [5, 5.41) is 20.6. The van der Waals surface area contributed by atoms with Gasteiger partial charge in [0.2, 0.25) is 0 Å². The van der Waals surface area contributed by atoms with E-state index in [-0.39, 0.29) is 29.8 Å². The molecule has 8 nitrogen and oxygen atoms in total. The Morgan fingerprint density at radius 3 is 2.10 bits per heavy atom. The summed E-state index contributed by atoms with van der Waals surface area (Å²) in [4.78, 5) is 4.22. The van der Waals surface area contributed by atoms with Crippen molar-refractivity contribution in [3.05, 3.63) is 93.6 Å². The lowest BCUT2D eigenvalue weighted by Crippen LogP contribution is -2.54. The number of nitrogens with zero attached hydrogens (tertiary/aromatic N) is 7. The van der Waals surface area contributed by atoms with Gasteiger partial charge >= 0.3 is 18.5 Å². The Balaban J connectivity index is 1.46. The van der Waals surface area contributed by atoms with Crippen LogP contribution in [0.4, 0.5) is 45.5 Å². The van der Waals surface area contributed by atoms with Gasteiger partial charge in [0.25, 0.3) is 5.95 Å². The number of likely N-dealkylation sites (tertiary alicyclic amines) is 1. The van der Waals surface area contributed by atoms with Crippen LogP contribution in [0.15, 0.2) is 60.2 Å². The summed E-state index contributed by atoms with van der Waals surface area (Å²) in [7, 11) is 1.38. The number of allylic oxidation sites excluding steroid dienone is 2. The number of benzene rings is 2. The second-order valence-electron chi connectivity index (χ2n) is 11.8. The topological polar surface area (TPSA) is 83.1 Å². The smallest absolute Gasteiger partial charge is 0.368 e. The molecule has 0 amide bonds. The van der Waals surface area contributed by atoms with E-state index in [0.717, 1.165) is 16.9 Å². The number of halogens is 9. The molecule has 0 bridgehead atoms. The van der Waals surface area contributed by atoms with Gasteiger partial charge in [0, 0.05) is 37.8 Å². The number of anilines is 1. The van der Waals surface area contributed by atoms with E-state index < -0.39 is 59.9 Å². The lowest BCUT2D eigenvalue weighted by Gasteiger charge is -2.45. The molecule has 1 aliphatic heterocycles. The normalized spacial score (nSPS) is 18.2. The number of aryl methyl sites for hydroxylation is 1. The summed E-state index contributed by atoms with van der Waals surface area (Å²) < 4.78 is 130. The molecule has 2 aliphatic rings. The molecule has 49 heavy (non-hydrogen) atoms. The van der Waals surface area contributed by atoms with Crippen LogP contribution in [0.1, 0.15) is 59.2 Å². The van der Waals surface area contributed by atoms with Crippen molar-refractivity contribution < 1.29 is 44.3 Å². The second kappa shape index (κ2) is 13.8. The van der Waals surface area contributed by atoms with E-state index in [9.17, 15) is 39.5 Å². The van der Waals surface area contributed by atoms with Crippen LogP contribution in [0.2, 0.25) is 0 Å². The summed E-state index contributed by atoms with van der Waals surface area (Å²) in [5.74, 6) is -0.212. The Kier molecular flexibility index (Phi) is 10.1. The highest BCUT2D eigenvalue weighted by Crippen LogP contribution is 2.39. The van der Waals surface area contributed by atoms with Crippen LogP contribution >= 0.6 is 0 Å². The van der Waals surface area contributed by atoms with E-state index in [1.54, 1.807) is 18.2 Å². The minimum absolute atomic E-state index is 0.0000279. The molecule has 2 atom stereocenters. The molecule has 1 aliphatic carbocycles. The van der Waals surface area contributed by atoms with Crippen molar-refractivity contribution in [3.63, 3.8) is 0 Å². The van der Waals surface area contributed by atoms with Crippen molar-refractivity contribution in [2.24, 2.45) is 7.05 Å². The van der Waals surface area contributed by atoms with Crippen molar-refractivity contribution in [3.8, 4) is 6.07 Å². The van der Waals surface area contributed by atoms with Crippen molar-refractivity contribution in [2.75, 3.05) is 18.0 Å². The SMILES string of the molecule is CCC(c1ccc(C(F)(F)F)cc1CN(Cc1cc(C(F)(F)F)cc(C(F)(F)F)c1)c1nnn(C)n1)N1CC(OC2C=CC(C#N)=CC2)C1. The first kappa shape index (κ1) is 35.9. The van der Waals surface area contributed by atoms with Gasteiger partial charge in [-0.05, 0) is 71.2 Å². The molecule has 262 valence electrons. The Morgan fingerprint density at radius 2 is 1.59 bits per heavy atom. The highest BCUT2D eigenvalue weighted by atomic mass is 19.4. The molecule has 2 unspecified atom stereocenters. The number of hydrogen-bond acceptors (Lipinski definition) is 7. The monoisotopic (exact) mass is 699 g/mol. The first-order valence-corrected chi connectivity index (χ1v) is 15.1. The van der Waals surface area contributed by atoms with Gasteiger partial charge in [0.05, 0.1) is 42.0 Å². The number of hydrogen-bond donors (Lipinski definition) is 0. The zero-order valence-corrected chi connectivity index (χ0v) is 26.1. The van der Waals surface area contributed by atoms with Gasteiger partial charge in [-0.15, -0.1) is 5.10 Å². The fourth-order valence-corrected chi connectivity index (χ4v) is 5.90. The third kappa shape index (κ3) is 8.60. The quantitative estimate of drug-likeness (QED) is 0.204. The average Bonchev–Trinajstić information content (AvgIpc) is 3.45. The van der Waals surface area contributed by atoms with Crippen LogP contribution in [0.25, 0.3) is 0 Å². The van der Waals surface area contributed by atoms with Gasteiger partial charge in [-0.3, -0.25) is 4.90 Å². The van der Waals surface area contributed by atoms with Crippen molar-refractivity contribution >= 4 is 5.95 Å². The van der Waals surface area contributed by atoms with Crippen LogP contribution in [-0.2, 0) is 43.4 Å². The molecule has 3 aromatic rings. The molecule has 1 saturated heterocycles. The fourth-order valence-electron chi connectivity index (χ4n) is 5.90. The van der Waals surface area contributed by atoms with Crippen molar-refractivity contribution in [1.82, 2.24) is 25.1 Å². The standard InChI is InChI=1S/C32H30F9N7O/c1-3-28(47-17-26(18-47)49-25-7-4-19(14-42)5-8-25)27-9-6-22(30(33,34)35)12-21(27)16-48(29-43-45-46(2)44-29)15-20-10-23(31(36,37)38)13-24(11-20)32(39,40)41/h4-7,9-13,25-26,28H,3,8,15-18H2,1-2H3. The first-order valence-electron chi connectivity index (χ1n) is 15.1. The third-order valence-corrected chi connectivity index (χ3v) is 8.25. The lowest BCUT2D eigenvalue weighted by molar-refractivity contribution is -0.143. The summed E-state index contributed by atoms with van der Waals surface area (Å²) in [5.41, 5.74) is -3.30. The summed E-state index contributed by atoms with van der Waals surface area (Å²) in [6.45, 7) is 1.76. The maximum atomic E-state index is 13.9. The van der Waals surface area contributed by atoms with E-state index in [1.165, 1.54) is 18.0 Å². The predicted octanol–water partition coefficient (Wildman–Crippen LogP) is 7.40. The van der Waals surface area contributed by atoms with Gasteiger partial charge in [-0.2, -0.15) is 49.6 Å². The summed E-state index contributed by atoms with van der Waals surface area (Å²) in [6.07, 6.45) is -9.11. The van der Waals surface area contributed by atoms with Crippen LogP contribution < -0.4 is 4.90 Å². The average molecular weight is 700 g/mol. The molecule has 1 fully saturated rings. The lowest BCUT2D eigenvalue weighted by atomic mass is 9.92. The Hall–Kier alpha value is -4.43. The highest BCUT2D eigenvalue weighted by molar-refractivity contribution is 5.42. The summed E-state index contributed by atoms with van der Waals surface area (Å²) in [6, 6.07) is 5.98. The largest absolute Gasteiger partial charge is 0.416 e. The molecule has 0 spiro atoms. The molecular weight excluding hydrogens is 669 g/mol. The zero-order valence-electron chi connectivity index (χ0n) is 26.1. The molecule has 2 heterocycles. The van der Waals surface area contributed by atoms with Gasteiger partial charge in [0.1, 0.15) is 0 Å². The van der Waals surface area contributed by atoms with Gasteiger partial charge in [-0.1, -0.05) is 30.2 Å². The fraction of sp³-hybridized carbons (Fsp3) is 0.438. The summed E-state index contributed by atoms with van der Waals surface area (Å²) >= 11 is 0. The number of rotatable bonds is 10. The minimum atomic E-state index is -5.10. The second-order valence-corrected chi connectivity index (χ2v) is 11.8. The predicted molar refractivity (Wildman–Crippen MR) is 157 cm³/mol. The number of nitriles is 1. The molecule has 5 rings (SSSR count). The molecule has 0 saturated carbocycles.